The molecule has 0 aromatic rings. The first-order valence-corrected chi connectivity index (χ1v) is 9.19. The molecule has 0 spiro atoms. The first kappa shape index (κ1) is 10.4. The van der Waals surface area contributed by atoms with E-state index in [1.165, 1.54) is 31.5 Å². The molecule has 0 aromatic carbocycles. The van der Waals surface area contributed by atoms with Crippen molar-refractivity contribution in [1.82, 2.24) is 4.23 Å². The van der Waals surface area contributed by atoms with Crippen LogP contribution in [0.3, 0.4) is 0 Å². The minimum atomic E-state index is -1.03. The summed E-state index contributed by atoms with van der Waals surface area (Å²) in [5.41, 5.74) is 5.54. The molecule has 1 heterocycles. The van der Waals surface area contributed by atoms with E-state index in [2.05, 4.69) is 17.3 Å². The van der Waals surface area contributed by atoms with Crippen LogP contribution in [0.2, 0.25) is 25.2 Å². The smallest absolute Gasteiger partial charge is 0.134 e. The van der Waals surface area contributed by atoms with Crippen LogP contribution in [-0.4, -0.2) is 35.2 Å². The second-order valence-corrected chi connectivity index (χ2v) is 10.6. The van der Waals surface area contributed by atoms with Crippen molar-refractivity contribution in [2.24, 2.45) is 5.73 Å². The number of hydrogen-bond donors (Lipinski definition) is 1. The Bertz CT molecular complexity index is 133. The summed E-state index contributed by atoms with van der Waals surface area (Å²) in [6.07, 6.45) is 2.65. The van der Waals surface area contributed by atoms with Crippen molar-refractivity contribution in [2.75, 3.05) is 13.1 Å². The summed E-state index contributed by atoms with van der Waals surface area (Å²) < 4.78 is 2.77. The predicted molar refractivity (Wildman–Crippen MR) is 57.8 cm³/mol. The standard InChI is InChI=1S/C8H20N2Si2/c1-12(2,8-3-5-9)10-6-4-7-11-10/h3-9H2,1-2H3. The number of hydrogen-bond acceptors (Lipinski definition) is 2. The molecule has 0 unspecified atom stereocenters. The Hall–Kier alpha value is 0.354. The van der Waals surface area contributed by atoms with E-state index in [1.54, 1.807) is 0 Å². The van der Waals surface area contributed by atoms with E-state index in [-0.39, 0.29) is 0 Å². The fourth-order valence-corrected chi connectivity index (χ4v) is 7.10. The summed E-state index contributed by atoms with van der Waals surface area (Å²) in [4.78, 5) is 0. The van der Waals surface area contributed by atoms with Gasteiger partial charge in [-0.2, -0.15) is 0 Å². The topological polar surface area (TPSA) is 29.3 Å². The largest absolute Gasteiger partial charge is 0.347 e. The molecule has 70 valence electrons. The van der Waals surface area contributed by atoms with E-state index < -0.39 is 8.24 Å². The van der Waals surface area contributed by atoms with Crippen LogP contribution in [0.4, 0.5) is 0 Å². The third-order valence-corrected chi connectivity index (χ3v) is 9.32. The minimum Gasteiger partial charge on any atom is -0.347 e. The first-order chi connectivity index (χ1) is 5.67. The van der Waals surface area contributed by atoms with Crippen LogP contribution in [0, 0.1) is 0 Å². The van der Waals surface area contributed by atoms with Crippen molar-refractivity contribution in [3.8, 4) is 0 Å². The van der Waals surface area contributed by atoms with Gasteiger partial charge in [0.25, 0.3) is 0 Å². The van der Waals surface area contributed by atoms with Gasteiger partial charge in [-0.1, -0.05) is 13.1 Å². The molecule has 2 nitrogen and oxygen atoms in total. The lowest BCUT2D eigenvalue weighted by molar-refractivity contribution is 0.666. The van der Waals surface area contributed by atoms with Gasteiger partial charge in [-0.15, -0.1) is 0 Å². The van der Waals surface area contributed by atoms with Gasteiger partial charge in [0.15, 0.2) is 0 Å². The van der Waals surface area contributed by atoms with E-state index in [9.17, 15) is 0 Å². The normalized spacial score (nSPS) is 20.2. The van der Waals surface area contributed by atoms with E-state index in [0.29, 0.717) is 0 Å². The van der Waals surface area contributed by atoms with Crippen molar-refractivity contribution >= 4 is 17.9 Å². The first-order valence-electron chi connectivity index (χ1n) is 4.88. The molecule has 1 saturated heterocycles. The highest BCUT2D eigenvalue weighted by atomic mass is 28.4. The Kier molecular flexibility index (Phi) is 3.96. The molecule has 0 bridgehead atoms. The number of nitrogens with two attached hydrogens (primary N) is 1. The molecule has 0 aromatic heterocycles. The quantitative estimate of drug-likeness (QED) is 0.693. The zero-order valence-corrected chi connectivity index (χ0v) is 10.3. The van der Waals surface area contributed by atoms with Crippen LogP contribution in [-0.2, 0) is 0 Å². The van der Waals surface area contributed by atoms with E-state index >= 15 is 0 Å². The van der Waals surface area contributed by atoms with Gasteiger partial charge < -0.3 is 9.96 Å². The predicted octanol–water partition coefficient (Wildman–Crippen LogP) is 1.28. The second-order valence-electron chi connectivity index (χ2n) is 4.12. The molecular formula is C8H20N2Si2. The van der Waals surface area contributed by atoms with Gasteiger partial charge >= 0.3 is 0 Å². The molecule has 1 aliphatic heterocycles. The lowest BCUT2D eigenvalue weighted by atomic mass is 10.5. The van der Waals surface area contributed by atoms with Crippen LogP contribution in [0.25, 0.3) is 0 Å². The molecule has 1 fully saturated rings. The van der Waals surface area contributed by atoms with Crippen LogP contribution < -0.4 is 5.73 Å². The molecular weight excluding hydrogens is 180 g/mol. The average Bonchev–Trinajstić information content (AvgIpc) is 2.53. The number of nitrogens with zero attached hydrogens (tertiary/aromatic N) is 1. The average molecular weight is 200 g/mol. The van der Waals surface area contributed by atoms with Gasteiger partial charge in [0, 0.05) is 0 Å². The van der Waals surface area contributed by atoms with Gasteiger partial charge in [0.2, 0.25) is 0 Å². The minimum absolute atomic E-state index is 0.868. The molecule has 2 radical (unpaired) electrons. The van der Waals surface area contributed by atoms with Crippen molar-refractivity contribution in [3.05, 3.63) is 0 Å². The van der Waals surface area contributed by atoms with Crippen LogP contribution in [0.15, 0.2) is 0 Å². The van der Waals surface area contributed by atoms with Crippen LogP contribution in [0.1, 0.15) is 12.8 Å². The van der Waals surface area contributed by atoms with Crippen LogP contribution >= 0.6 is 0 Å². The third kappa shape index (κ3) is 2.69. The molecule has 4 heteroatoms. The maximum absolute atomic E-state index is 5.54. The monoisotopic (exact) mass is 200 g/mol. The summed E-state index contributed by atoms with van der Waals surface area (Å²) >= 11 is 0. The SMILES string of the molecule is C[Si](C)(CCCN)N1CCC[Si]1. The van der Waals surface area contributed by atoms with E-state index in [4.69, 9.17) is 5.73 Å². The highest BCUT2D eigenvalue weighted by molar-refractivity contribution is 6.80. The maximum atomic E-state index is 5.54. The lowest BCUT2D eigenvalue weighted by Crippen LogP contribution is -2.48. The molecule has 1 rings (SSSR count). The summed E-state index contributed by atoms with van der Waals surface area (Å²) in [6.45, 7) is 7.21. The summed E-state index contributed by atoms with van der Waals surface area (Å²) in [6, 6.07) is 2.83. The molecule has 0 saturated carbocycles. The van der Waals surface area contributed by atoms with Gasteiger partial charge in [-0.25, -0.2) is 0 Å². The lowest BCUT2D eigenvalue weighted by Gasteiger charge is -2.33. The summed E-state index contributed by atoms with van der Waals surface area (Å²) in [5, 5.41) is 0. The Morgan fingerprint density at radius 1 is 1.50 bits per heavy atom. The Labute approximate surface area is 79.5 Å². The maximum Gasteiger partial charge on any atom is 0.134 e. The van der Waals surface area contributed by atoms with Gasteiger partial charge in [0.1, 0.15) is 17.9 Å². The summed E-state index contributed by atoms with van der Waals surface area (Å²) in [5.74, 6) is 0. The Balaban J connectivity index is 2.34. The fraction of sp³-hybridized carbons (Fsp3) is 1.00. The van der Waals surface area contributed by atoms with Crippen LogP contribution in [0.5, 0.6) is 0 Å². The van der Waals surface area contributed by atoms with E-state index in [1.807, 2.05) is 0 Å². The van der Waals surface area contributed by atoms with Crippen molar-refractivity contribution in [2.45, 2.75) is 38.0 Å². The molecule has 0 atom stereocenters. The van der Waals surface area contributed by atoms with E-state index in [0.717, 1.165) is 16.2 Å². The molecule has 12 heavy (non-hydrogen) atoms. The van der Waals surface area contributed by atoms with Crippen molar-refractivity contribution in [3.63, 3.8) is 0 Å². The van der Waals surface area contributed by atoms with Gasteiger partial charge in [0.05, 0.1) is 0 Å². The second kappa shape index (κ2) is 4.55. The Morgan fingerprint density at radius 3 is 2.75 bits per heavy atom. The fourth-order valence-electron chi connectivity index (χ4n) is 1.72. The van der Waals surface area contributed by atoms with Crippen molar-refractivity contribution < 1.29 is 0 Å². The zero-order chi connectivity index (χ0) is 9.03. The molecule has 0 amide bonds. The molecule has 0 aliphatic carbocycles. The highest BCUT2D eigenvalue weighted by Crippen LogP contribution is 2.21. The molecule has 2 N–H and O–H groups in total. The van der Waals surface area contributed by atoms with Crippen molar-refractivity contribution in [1.29, 1.82) is 0 Å². The zero-order valence-electron chi connectivity index (χ0n) is 8.27. The Morgan fingerprint density at radius 2 is 2.25 bits per heavy atom. The van der Waals surface area contributed by atoms with Gasteiger partial charge in [-0.3, -0.25) is 0 Å². The third-order valence-electron chi connectivity index (χ3n) is 2.58. The summed E-state index contributed by atoms with van der Waals surface area (Å²) in [7, 11) is 0.0911. The molecule has 1 aliphatic rings. The highest BCUT2D eigenvalue weighted by Gasteiger charge is 2.30. The van der Waals surface area contributed by atoms with Gasteiger partial charge in [-0.05, 0) is 38.0 Å². The number of rotatable bonds is 4.